The molecule has 0 saturated carbocycles. The van der Waals surface area contributed by atoms with Gasteiger partial charge in [0.2, 0.25) is 12.6 Å². The van der Waals surface area contributed by atoms with Gasteiger partial charge >= 0.3 is 0 Å². The van der Waals surface area contributed by atoms with E-state index < -0.39 is 0 Å². The summed E-state index contributed by atoms with van der Waals surface area (Å²) in [6.07, 6.45) is -0.579. The van der Waals surface area contributed by atoms with E-state index in [1.807, 2.05) is 0 Å². The second-order valence-electron chi connectivity index (χ2n) is 2.22. The number of fused-ring (bicyclic) bond motifs is 1. The summed E-state index contributed by atoms with van der Waals surface area (Å²) < 4.78 is 20.8. The van der Waals surface area contributed by atoms with Gasteiger partial charge < -0.3 is 18.9 Å². The van der Waals surface area contributed by atoms with E-state index >= 15 is 0 Å². The second kappa shape index (κ2) is 2.84. The van der Waals surface area contributed by atoms with Crippen LogP contribution >= 0.6 is 0 Å². The summed E-state index contributed by atoms with van der Waals surface area (Å²) in [5.74, 6) is 0. The van der Waals surface area contributed by atoms with Gasteiger partial charge in [-0.1, -0.05) is 0 Å². The van der Waals surface area contributed by atoms with Gasteiger partial charge in [0.1, 0.15) is 0 Å². The highest BCUT2D eigenvalue weighted by atomic mass is 16.8. The zero-order valence-electron chi connectivity index (χ0n) is 5.62. The highest BCUT2D eigenvalue weighted by molar-refractivity contribution is 4.60. The molecule has 0 radical (unpaired) electrons. The van der Waals surface area contributed by atoms with Gasteiger partial charge in [-0.3, -0.25) is 0 Å². The monoisotopic (exact) mass is 146 g/mol. The first-order valence-corrected chi connectivity index (χ1v) is 3.43. The lowest BCUT2D eigenvalue weighted by Crippen LogP contribution is -2.46. The minimum Gasteiger partial charge on any atom is -0.346 e. The molecule has 0 aromatic carbocycles. The fraction of sp³-hybridized carbons (Fsp3) is 1.00. The van der Waals surface area contributed by atoms with Crippen LogP contribution < -0.4 is 0 Å². The van der Waals surface area contributed by atoms with Crippen LogP contribution in [0.5, 0.6) is 0 Å². The molecule has 0 unspecified atom stereocenters. The van der Waals surface area contributed by atoms with Gasteiger partial charge in [-0.15, -0.1) is 0 Å². The summed E-state index contributed by atoms with van der Waals surface area (Å²) in [6, 6.07) is 0. The Morgan fingerprint density at radius 3 is 1.20 bits per heavy atom. The summed E-state index contributed by atoms with van der Waals surface area (Å²) in [7, 11) is 0. The predicted molar refractivity (Wildman–Crippen MR) is 31.4 cm³/mol. The maximum atomic E-state index is 5.21. The molecule has 0 atom stereocenters. The van der Waals surface area contributed by atoms with E-state index in [2.05, 4.69) is 0 Å². The molecule has 0 aliphatic carbocycles. The van der Waals surface area contributed by atoms with Crippen molar-refractivity contribution in [2.75, 3.05) is 26.4 Å². The third-order valence-corrected chi connectivity index (χ3v) is 1.52. The summed E-state index contributed by atoms with van der Waals surface area (Å²) in [6.45, 7) is 2.41. The van der Waals surface area contributed by atoms with Crippen LogP contribution in [0.25, 0.3) is 0 Å². The van der Waals surface area contributed by atoms with Crippen LogP contribution in [0.2, 0.25) is 0 Å². The van der Waals surface area contributed by atoms with Crippen LogP contribution in [-0.4, -0.2) is 39.0 Å². The molecule has 2 heterocycles. The fourth-order valence-corrected chi connectivity index (χ4v) is 1.07. The lowest BCUT2D eigenvalue weighted by atomic mass is 10.5. The van der Waals surface area contributed by atoms with Crippen molar-refractivity contribution in [1.29, 1.82) is 0 Å². The summed E-state index contributed by atoms with van der Waals surface area (Å²) in [5, 5.41) is 0. The topological polar surface area (TPSA) is 36.9 Å². The molecule has 2 saturated heterocycles. The van der Waals surface area contributed by atoms with Gasteiger partial charge in [0.05, 0.1) is 26.4 Å². The van der Waals surface area contributed by atoms with Crippen LogP contribution in [-0.2, 0) is 18.9 Å². The molecule has 0 bridgehead atoms. The highest BCUT2D eigenvalue weighted by Gasteiger charge is 2.31. The molecule has 4 heteroatoms. The van der Waals surface area contributed by atoms with E-state index in [1.165, 1.54) is 0 Å². The van der Waals surface area contributed by atoms with Crippen molar-refractivity contribution >= 4 is 0 Å². The minimum atomic E-state index is -0.289. The second-order valence-corrected chi connectivity index (χ2v) is 2.22. The molecule has 10 heavy (non-hydrogen) atoms. The summed E-state index contributed by atoms with van der Waals surface area (Å²) in [4.78, 5) is 0. The molecule has 0 spiro atoms. The minimum absolute atomic E-state index is 0.289. The Morgan fingerprint density at radius 2 is 0.900 bits per heavy atom. The Labute approximate surface area is 59.0 Å². The van der Waals surface area contributed by atoms with E-state index in [-0.39, 0.29) is 12.6 Å². The molecular formula is C6H10O4. The molecule has 2 aliphatic heterocycles. The molecule has 0 aromatic rings. The van der Waals surface area contributed by atoms with Gasteiger partial charge in [-0.25, -0.2) is 0 Å². The highest BCUT2D eigenvalue weighted by Crippen LogP contribution is 2.15. The molecule has 0 aromatic heterocycles. The Bertz CT molecular complexity index is 90.3. The first-order chi connectivity index (χ1) is 4.97. The van der Waals surface area contributed by atoms with E-state index in [1.54, 1.807) is 0 Å². The zero-order valence-corrected chi connectivity index (χ0v) is 5.62. The summed E-state index contributed by atoms with van der Waals surface area (Å²) >= 11 is 0. The lowest BCUT2D eigenvalue weighted by molar-refractivity contribution is -0.350. The first kappa shape index (κ1) is 6.54. The quantitative estimate of drug-likeness (QED) is 0.471. The Kier molecular flexibility index (Phi) is 1.86. The van der Waals surface area contributed by atoms with Crippen LogP contribution in [0, 0.1) is 0 Å². The SMILES string of the molecule is C1COC2OCCOC2O1. The Morgan fingerprint density at radius 1 is 0.600 bits per heavy atom. The Balaban J connectivity index is 1.93. The van der Waals surface area contributed by atoms with Crippen molar-refractivity contribution in [2.45, 2.75) is 12.6 Å². The lowest BCUT2D eigenvalue weighted by Gasteiger charge is -2.34. The Hall–Kier alpha value is -0.160. The van der Waals surface area contributed by atoms with E-state index in [0.717, 1.165) is 0 Å². The third kappa shape index (κ3) is 1.15. The van der Waals surface area contributed by atoms with E-state index in [4.69, 9.17) is 18.9 Å². The van der Waals surface area contributed by atoms with Crippen molar-refractivity contribution in [3.63, 3.8) is 0 Å². The van der Waals surface area contributed by atoms with Crippen molar-refractivity contribution < 1.29 is 18.9 Å². The maximum absolute atomic E-state index is 5.21. The zero-order chi connectivity index (χ0) is 6.81. The maximum Gasteiger partial charge on any atom is 0.209 e. The van der Waals surface area contributed by atoms with Crippen molar-refractivity contribution in [3.05, 3.63) is 0 Å². The molecule has 58 valence electrons. The molecule has 2 fully saturated rings. The van der Waals surface area contributed by atoms with Crippen molar-refractivity contribution in [3.8, 4) is 0 Å². The van der Waals surface area contributed by atoms with Gasteiger partial charge in [-0.2, -0.15) is 0 Å². The molecule has 0 N–H and O–H groups in total. The first-order valence-electron chi connectivity index (χ1n) is 3.43. The van der Waals surface area contributed by atoms with Crippen LogP contribution in [0.4, 0.5) is 0 Å². The average molecular weight is 146 g/mol. The number of rotatable bonds is 0. The largest absolute Gasteiger partial charge is 0.346 e. The van der Waals surface area contributed by atoms with Crippen molar-refractivity contribution in [2.24, 2.45) is 0 Å². The number of hydrogen-bond acceptors (Lipinski definition) is 4. The smallest absolute Gasteiger partial charge is 0.209 e. The summed E-state index contributed by atoms with van der Waals surface area (Å²) in [5.41, 5.74) is 0. The van der Waals surface area contributed by atoms with Gasteiger partial charge in [0, 0.05) is 0 Å². The molecule has 4 nitrogen and oxygen atoms in total. The number of ether oxygens (including phenoxy) is 4. The van der Waals surface area contributed by atoms with Crippen LogP contribution in [0.15, 0.2) is 0 Å². The molecule has 2 aliphatic rings. The molecular weight excluding hydrogens is 136 g/mol. The van der Waals surface area contributed by atoms with E-state index in [9.17, 15) is 0 Å². The van der Waals surface area contributed by atoms with Crippen molar-refractivity contribution in [1.82, 2.24) is 0 Å². The molecule has 2 rings (SSSR count). The van der Waals surface area contributed by atoms with Crippen LogP contribution in [0.1, 0.15) is 0 Å². The van der Waals surface area contributed by atoms with E-state index in [0.29, 0.717) is 26.4 Å². The average Bonchev–Trinajstić information content (AvgIpc) is 2.05. The predicted octanol–water partition coefficient (Wildman–Crippen LogP) is -0.268. The normalized spacial score (nSPS) is 40.8. The standard InChI is InChI=1S/C6H10O4/c1-2-8-6-5(7-1)9-3-4-10-6/h5-6H,1-4H2. The van der Waals surface area contributed by atoms with Gasteiger partial charge in [-0.05, 0) is 0 Å². The van der Waals surface area contributed by atoms with Crippen LogP contribution in [0.3, 0.4) is 0 Å². The number of hydrogen-bond donors (Lipinski definition) is 0. The van der Waals surface area contributed by atoms with Gasteiger partial charge in [0.25, 0.3) is 0 Å². The van der Waals surface area contributed by atoms with Gasteiger partial charge in [0.15, 0.2) is 0 Å². The third-order valence-electron chi connectivity index (χ3n) is 1.52. The fourth-order valence-electron chi connectivity index (χ4n) is 1.07. The molecule has 0 amide bonds.